The molecule has 0 aliphatic heterocycles. The molecule has 4 heteroatoms. The highest BCUT2D eigenvalue weighted by molar-refractivity contribution is 5.82. The fourth-order valence-corrected chi connectivity index (χ4v) is 2.85. The molecule has 0 aromatic heterocycles. The molecule has 0 heterocycles. The summed E-state index contributed by atoms with van der Waals surface area (Å²) >= 11 is 0. The summed E-state index contributed by atoms with van der Waals surface area (Å²) < 4.78 is 5.16. The van der Waals surface area contributed by atoms with Crippen LogP contribution in [0.4, 0.5) is 0 Å². The summed E-state index contributed by atoms with van der Waals surface area (Å²) in [5.41, 5.74) is 5.57. The van der Waals surface area contributed by atoms with E-state index in [0.29, 0.717) is 19.1 Å². The summed E-state index contributed by atoms with van der Waals surface area (Å²) in [5.74, 6) is 0.911. The normalized spacial score (nSPS) is 23.6. The Kier molecular flexibility index (Phi) is 4.28. The van der Waals surface area contributed by atoms with Crippen molar-refractivity contribution in [2.24, 2.45) is 17.6 Å². The zero-order valence-electron chi connectivity index (χ0n) is 11.7. The van der Waals surface area contributed by atoms with Gasteiger partial charge in [-0.15, -0.1) is 0 Å². The summed E-state index contributed by atoms with van der Waals surface area (Å²) in [6, 6.07) is 0. The predicted molar refractivity (Wildman–Crippen MR) is 71.1 cm³/mol. The molecule has 2 fully saturated rings. The van der Waals surface area contributed by atoms with Crippen LogP contribution in [-0.4, -0.2) is 43.2 Å². The van der Waals surface area contributed by atoms with Crippen LogP contribution >= 0.6 is 0 Å². The van der Waals surface area contributed by atoms with Gasteiger partial charge in [0.2, 0.25) is 0 Å². The molecule has 2 saturated carbocycles. The maximum absolute atomic E-state index is 12.1. The zero-order valence-corrected chi connectivity index (χ0v) is 11.7. The number of likely N-dealkylation sites (N-methyl/N-ethyl adjacent to an activating group) is 1. The highest BCUT2D eigenvalue weighted by atomic mass is 16.5. The highest BCUT2D eigenvalue weighted by Crippen LogP contribution is 2.39. The van der Waals surface area contributed by atoms with Crippen LogP contribution in [0, 0.1) is 11.8 Å². The molecule has 18 heavy (non-hydrogen) atoms. The Hall–Kier alpha value is -0.610. The first-order valence-electron chi connectivity index (χ1n) is 7.21. The summed E-state index contributed by atoms with van der Waals surface area (Å²) in [6.45, 7) is 3.94. The lowest BCUT2D eigenvalue weighted by atomic mass is 9.84. The molecule has 0 saturated heterocycles. The van der Waals surface area contributed by atoms with Crippen molar-refractivity contribution in [3.8, 4) is 0 Å². The second kappa shape index (κ2) is 5.57. The van der Waals surface area contributed by atoms with Crippen LogP contribution in [0.25, 0.3) is 0 Å². The number of hydrogen-bond acceptors (Lipinski definition) is 4. The lowest BCUT2D eigenvalue weighted by molar-refractivity contribution is -0.151. The second-order valence-corrected chi connectivity index (χ2v) is 6.03. The lowest BCUT2D eigenvalue weighted by Crippen LogP contribution is -2.58. The number of hydrogen-bond donors (Lipinski definition) is 1. The number of nitrogens with two attached hydrogens (primary N) is 1. The molecule has 1 atom stereocenters. The van der Waals surface area contributed by atoms with Crippen molar-refractivity contribution in [1.82, 2.24) is 4.90 Å². The molecule has 2 aliphatic carbocycles. The standard InChI is InChI=1S/C14H26N2O2/c1-3-18-13(17)14(15,12-7-8-12)10-16(2)9-11-5-4-6-11/h11-12H,3-10,15H2,1-2H3. The number of ether oxygens (including phenoxy) is 1. The Morgan fingerprint density at radius 3 is 2.50 bits per heavy atom. The Balaban J connectivity index is 1.89. The molecule has 0 amide bonds. The summed E-state index contributed by atoms with van der Waals surface area (Å²) in [6.07, 6.45) is 6.13. The van der Waals surface area contributed by atoms with E-state index in [1.807, 2.05) is 6.92 Å². The highest BCUT2D eigenvalue weighted by Gasteiger charge is 2.49. The maximum atomic E-state index is 12.1. The van der Waals surface area contributed by atoms with Crippen molar-refractivity contribution in [2.75, 3.05) is 26.7 Å². The summed E-state index contributed by atoms with van der Waals surface area (Å²) in [4.78, 5) is 14.3. The van der Waals surface area contributed by atoms with Crippen molar-refractivity contribution < 1.29 is 9.53 Å². The molecule has 2 N–H and O–H groups in total. The van der Waals surface area contributed by atoms with Gasteiger partial charge in [0.05, 0.1) is 6.61 Å². The third kappa shape index (κ3) is 3.04. The van der Waals surface area contributed by atoms with Crippen LogP contribution < -0.4 is 5.73 Å². The quantitative estimate of drug-likeness (QED) is 0.698. The topological polar surface area (TPSA) is 55.6 Å². The van der Waals surface area contributed by atoms with Crippen LogP contribution in [0.5, 0.6) is 0 Å². The first-order chi connectivity index (χ1) is 8.56. The van der Waals surface area contributed by atoms with E-state index in [1.54, 1.807) is 0 Å². The van der Waals surface area contributed by atoms with E-state index in [9.17, 15) is 4.79 Å². The molecular formula is C14H26N2O2. The maximum Gasteiger partial charge on any atom is 0.327 e. The minimum atomic E-state index is -0.783. The van der Waals surface area contributed by atoms with Crippen LogP contribution in [0.1, 0.15) is 39.0 Å². The van der Waals surface area contributed by atoms with E-state index in [-0.39, 0.29) is 5.97 Å². The van der Waals surface area contributed by atoms with Gasteiger partial charge in [-0.2, -0.15) is 0 Å². The van der Waals surface area contributed by atoms with E-state index in [0.717, 1.165) is 25.3 Å². The van der Waals surface area contributed by atoms with E-state index < -0.39 is 5.54 Å². The first-order valence-corrected chi connectivity index (χ1v) is 7.21. The fraction of sp³-hybridized carbons (Fsp3) is 0.929. The number of esters is 1. The molecule has 4 nitrogen and oxygen atoms in total. The van der Waals surface area contributed by atoms with Gasteiger partial charge >= 0.3 is 5.97 Å². The molecule has 0 aromatic rings. The molecular weight excluding hydrogens is 228 g/mol. The van der Waals surface area contributed by atoms with Gasteiger partial charge < -0.3 is 15.4 Å². The Bertz CT molecular complexity index is 300. The van der Waals surface area contributed by atoms with E-state index in [1.165, 1.54) is 19.3 Å². The SMILES string of the molecule is CCOC(=O)C(N)(CN(C)CC1CCC1)C1CC1. The van der Waals surface area contributed by atoms with Crippen LogP contribution in [0.3, 0.4) is 0 Å². The zero-order chi connectivity index (χ0) is 13.2. The number of carbonyl (C=O) groups is 1. The van der Waals surface area contributed by atoms with Crippen molar-refractivity contribution in [3.63, 3.8) is 0 Å². The van der Waals surface area contributed by atoms with Crippen molar-refractivity contribution in [3.05, 3.63) is 0 Å². The van der Waals surface area contributed by atoms with Crippen LogP contribution in [0.2, 0.25) is 0 Å². The lowest BCUT2D eigenvalue weighted by Gasteiger charge is -2.35. The van der Waals surface area contributed by atoms with Gasteiger partial charge in [0.25, 0.3) is 0 Å². The average Bonchev–Trinajstić information content (AvgIpc) is 3.07. The van der Waals surface area contributed by atoms with E-state index in [2.05, 4.69) is 11.9 Å². The monoisotopic (exact) mass is 254 g/mol. The number of rotatable bonds is 7. The van der Waals surface area contributed by atoms with Gasteiger partial charge in [-0.25, -0.2) is 4.79 Å². The van der Waals surface area contributed by atoms with Crippen molar-refractivity contribution in [2.45, 2.75) is 44.6 Å². The molecule has 0 bridgehead atoms. The van der Waals surface area contributed by atoms with Crippen molar-refractivity contribution in [1.29, 1.82) is 0 Å². The van der Waals surface area contributed by atoms with E-state index in [4.69, 9.17) is 10.5 Å². The van der Waals surface area contributed by atoms with Crippen LogP contribution in [-0.2, 0) is 9.53 Å². The van der Waals surface area contributed by atoms with Gasteiger partial charge in [0.15, 0.2) is 0 Å². The van der Waals surface area contributed by atoms with Gasteiger partial charge in [-0.1, -0.05) is 6.42 Å². The third-order valence-corrected chi connectivity index (χ3v) is 4.29. The average molecular weight is 254 g/mol. The van der Waals surface area contributed by atoms with Gasteiger partial charge in [0.1, 0.15) is 5.54 Å². The Morgan fingerprint density at radius 1 is 1.39 bits per heavy atom. The van der Waals surface area contributed by atoms with Gasteiger partial charge in [0, 0.05) is 13.1 Å². The number of carbonyl (C=O) groups excluding carboxylic acids is 1. The van der Waals surface area contributed by atoms with Gasteiger partial charge in [-0.3, -0.25) is 0 Å². The summed E-state index contributed by atoms with van der Waals surface area (Å²) in [5, 5.41) is 0. The third-order valence-electron chi connectivity index (χ3n) is 4.29. The molecule has 1 unspecified atom stereocenters. The fourth-order valence-electron chi connectivity index (χ4n) is 2.85. The molecule has 2 rings (SSSR count). The predicted octanol–water partition coefficient (Wildman–Crippen LogP) is 1.39. The summed E-state index contributed by atoms with van der Waals surface area (Å²) in [7, 11) is 2.07. The number of nitrogens with zero attached hydrogens (tertiary/aromatic N) is 1. The minimum absolute atomic E-state index is 0.215. The Labute approximate surface area is 110 Å². The Morgan fingerprint density at radius 2 is 2.06 bits per heavy atom. The smallest absolute Gasteiger partial charge is 0.327 e. The van der Waals surface area contributed by atoms with Crippen molar-refractivity contribution >= 4 is 5.97 Å². The molecule has 0 spiro atoms. The molecule has 0 radical (unpaired) electrons. The first kappa shape index (κ1) is 13.8. The molecule has 0 aromatic carbocycles. The van der Waals surface area contributed by atoms with Gasteiger partial charge in [-0.05, 0) is 51.5 Å². The second-order valence-electron chi connectivity index (χ2n) is 6.03. The molecule has 104 valence electrons. The van der Waals surface area contributed by atoms with Crippen LogP contribution in [0.15, 0.2) is 0 Å². The van der Waals surface area contributed by atoms with E-state index >= 15 is 0 Å². The minimum Gasteiger partial charge on any atom is -0.465 e. The molecule has 2 aliphatic rings. The largest absolute Gasteiger partial charge is 0.465 e.